The van der Waals surface area contributed by atoms with E-state index in [1.165, 1.54) is 12.8 Å². The summed E-state index contributed by atoms with van der Waals surface area (Å²) in [5.74, 6) is 0. The molecule has 0 spiro atoms. The van der Waals surface area contributed by atoms with Gasteiger partial charge in [-0.25, -0.2) is 0 Å². The van der Waals surface area contributed by atoms with Crippen LogP contribution in [0.15, 0.2) is 18.2 Å². The predicted octanol–water partition coefficient (Wildman–Crippen LogP) is 2.13. The van der Waals surface area contributed by atoms with Crippen molar-refractivity contribution >= 4 is 11.4 Å². The number of nitrogens with two attached hydrogens (primary N) is 1. The van der Waals surface area contributed by atoms with Gasteiger partial charge in [-0.1, -0.05) is 0 Å². The van der Waals surface area contributed by atoms with Crippen molar-refractivity contribution in [2.45, 2.75) is 25.8 Å². The van der Waals surface area contributed by atoms with Gasteiger partial charge in [0.2, 0.25) is 0 Å². The van der Waals surface area contributed by atoms with Gasteiger partial charge in [0.15, 0.2) is 0 Å². The molecule has 1 heterocycles. The third-order valence-electron chi connectivity index (χ3n) is 3.04. The fourth-order valence-corrected chi connectivity index (χ4v) is 2.15. The van der Waals surface area contributed by atoms with Gasteiger partial charge in [0.25, 0.3) is 0 Å². The molecule has 1 aromatic rings. The van der Waals surface area contributed by atoms with Crippen molar-refractivity contribution in [2.75, 3.05) is 17.2 Å². The summed E-state index contributed by atoms with van der Waals surface area (Å²) in [5, 5.41) is 8.78. The fourth-order valence-electron chi connectivity index (χ4n) is 2.15. The lowest BCUT2D eigenvalue weighted by atomic mass is 10.1. The summed E-state index contributed by atoms with van der Waals surface area (Å²) in [4.78, 5) is 2.34. The minimum Gasteiger partial charge on any atom is -0.398 e. The molecule has 0 bridgehead atoms. The first-order chi connectivity index (χ1) is 7.22. The standard InChI is InChI=1S/C12H15N3/c1-9-3-2-6-15(9)11-5-4-10(8-13)12(14)7-11/h4-5,7,9H,2-3,6,14H2,1H3. The lowest BCUT2D eigenvalue weighted by molar-refractivity contribution is 0.735. The highest BCUT2D eigenvalue weighted by molar-refractivity contribution is 5.64. The number of nitriles is 1. The van der Waals surface area contributed by atoms with E-state index in [1.807, 2.05) is 12.1 Å². The summed E-state index contributed by atoms with van der Waals surface area (Å²) in [6.07, 6.45) is 2.47. The van der Waals surface area contributed by atoms with Crippen molar-refractivity contribution < 1.29 is 0 Å². The van der Waals surface area contributed by atoms with Gasteiger partial charge in [-0.3, -0.25) is 0 Å². The zero-order valence-electron chi connectivity index (χ0n) is 8.90. The lowest BCUT2D eigenvalue weighted by Crippen LogP contribution is -2.26. The molecule has 78 valence electrons. The Morgan fingerprint density at radius 1 is 1.53 bits per heavy atom. The number of benzene rings is 1. The molecule has 0 amide bonds. The first-order valence-corrected chi connectivity index (χ1v) is 5.28. The molecule has 1 aromatic carbocycles. The maximum Gasteiger partial charge on any atom is 0.101 e. The van der Waals surface area contributed by atoms with E-state index in [2.05, 4.69) is 17.9 Å². The molecule has 0 aliphatic carbocycles. The first-order valence-electron chi connectivity index (χ1n) is 5.28. The molecular weight excluding hydrogens is 186 g/mol. The van der Waals surface area contributed by atoms with Crippen LogP contribution in [0.3, 0.4) is 0 Å². The van der Waals surface area contributed by atoms with Crippen LogP contribution in [0.4, 0.5) is 11.4 Å². The SMILES string of the molecule is CC1CCCN1c1ccc(C#N)c(N)c1. The molecule has 1 saturated heterocycles. The van der Waals surface area contributed by atoms with Gasteiger partial charge in [-0.2, -0.15) is 5.26 Å². The molecule has 0 saturated carbocycles. The molecule has 0 aromatic heterocycles. The lowest BCUT2D eigenvalue weighted by Gasteiger charge is -2.24. The highest BCUT2D eigenvalue weighted by Gasteiger charge is 2.20. The number of anilines is 2. The largest absolute Gasteiger partial charge is 0.398 e. The molecule has 3 nitrogen and oxygen atoms in total. The summed E-state index contributed by atoms with van der Waals surface area (Å²) in [6, 6.07) is 8.35. The average Bonchev–Trinajstić information content (AvgIpc) is 2.64. The Kier molecular flexibility index (Phi) is 2.51. The first kappa shape index (κ1) is 9.85. The number of hydrogen-bond acceptors (Lipinski definition) is 3. The van der Waals surface area contributed by atoms with E-state index in [0.717, 1.165) is 12.2 Å². The van der Waals surface area contributed by atoms with Crippen molar-refractivity contribution in [2.24, 2.45) is 0 Å². The minimum absolute atomic E-state index is 0.561. The van der Waals surface area contributed by atoms with Gasteiger partial charge in [-0.05, 0) is 38.0 Å². The Bertz CT molecular complexity index is 406. The summed E-state index contributed by atoms with van der Waals surface area (Å²) in [6.45, 7) is 3.31. The second kappa shape index (κ2) is 3.82. The van der Waals surface area contributed by atoms with Crippen LogP contribution in [0.1, 0.15) is 25.3 Å². The van der Waals surface area contributed by atoms with Gasteiger partial charge in [0, 0.05) is 18.3 Å². The number of nitrogen functional groups attached to an aromatic ring is 1. The predicted molar refractivity (Wildman–Crippen MR) is 61.6 cm³/mol. The van der Waals surface area contributed by atoms with Gasteiger partial charge < -0.3 is 10.6 Å². The van der Waals surface area contributed by atoms with E-state index in [4.69, 9.17) is 11.0 Å². The van der Waals surface area contributed by atoms with Crippen LogP contribution < -0.4 is 10.6 Å². The molecule has 1 atom stereocenters. The molecular formula is C12H15N3. The molecule has 2 N–H and O–H groups in total. The van der Waals surface area contributed by atoms with Crippen LogP contribution in [-0.4, -0.2) is 12.6 Å². The molecule has 1 aliphatic heterocycles. The van der Waals surface area contributed by atoms with E-state index in [0.29, 0.717) is 17.3 Å². The average molecular weight is 201 g/mol. The minimum atomic E-state index is 0.561. The van der Waals surface area contributed by atoms with Crippen molar-refractivity contribution in [3.05, 3.63) is 23.8 Å². The fraction of sp³-hybridized carbons (Fsp3) is 0.417. The van der Waals surface area contributed by atoms with Gasteiger partial charge in [-0.15, -0.1) is 0 Å². The summed E-state index contributed by atoms with van der Waals surface area (Å²) in [5.41, 5.74) is 8.07. The highest BCUT2D eigenvalue weighted by Crippen LogP contribution is 2.27. The maximum absolute atomic E-state index is 8.78. The van der Waals surface area contributed by atoms with Crippen LogP contribution in [0.25, 0.3) is 0 Å². The molecule has 1 fully saturated rings. The van der Waals surface area contributed by atoms with Crippen LogP contribution in [0.5, 0.6) is 0 Å². The molecule has 1 unspecified atom stereocenters. The van der Waals surface area contributed by atoms with E-state index in [9.17, 15) is 0 Å². The normalized spacial score (nSPS) is 20.3. The Hall–Kier alpha value is -1.69. The Morgan fingerprint density at radius 3 is 2.87 bits per heavy atom. The maximum atomic E-state index is 8.78. The third kappa shape index (κ3) is 1.75. The van der Waals surface area contributed by atoms with E-state index >= 15 is 0 Å². The summed E-state index contributed by atoms with van der Waals surface area (Å²) in [7, 11) is 0. The van der Waals surface area contributed by atoms with Crippen molar-refractivity contribution in [3.8, 4) is 6.07 Å². The van der Waals surface area contributed by atoms with Crippen LogP contribution in [0.2, 0.25) is 0 Å². The monoisotopic (exact) mass is 201 g/mol. The van der Waals surface area contributed by atoms with Crippen LogP contribution in [-0.2, 0) is 0 Å². The second-order valence-corrected chi connectivity index (χ2v) is 4.07. The molecule has 0 radical (unpaired) electrons. The van der Waals surface area contributed by atoms with Crippen molar-refractivity contribution in [1.29, 1.82) is 5.26 Å². The Morgan fingerprint density at radius 2 is 2.33 bits per heavy atom. The third-order valence-corrected chi connectivity index (χ3v) is 3.04. The zero-order chi connectivity index (χ0) is 10.8. The van der Waals surface area contributed by atoms with Crippen molar-refractivity contribution in [3.63, 3.8) is 0 Å². The summed E-state index contributed by atoms with van der Waals surface area (Å²) < 4.78 is 0. The van der Waals surface area contributed by atoms with Crippen LogP contribution in [0, 0.1) is 11.3 Å². The number of hydrogen-bond donors (Lipinski definition) is 1. The van der Waals surface area contributed by atoms with E-state index in [1.54, 1.807) is 6.07 Å². The molecule has 15 heavy (non-hydrogen) atoms. The van der Waals surface area contributed by atoms with E-state index < -0.39 is 0 Å². The molecule has 3 heteroatoms. The second-order valence-electron chi connectivity index (χ2n) is 4.07. The van der Waals surface area contributed by atoms with Gasteiger partial charge in [0.1, 0.15) is 6.07 Å². The Balaban J connectivity index is 2.30. The number of nitrogens with zero attached hydrogens (tertiary/aromatic N) is 2. The summed E-state index contributed by atoms with van der Waals surface area (Å²) >= 11 is 0. The number of rotatable bonds is 1. The van der Waals surface area contributed by atoms with Gasteiger partial charge in [0.05, 0.1) is 11.3 Å². The van der Waals surface area contributed by atoms with Crippen LogP contribution >= 0.6 is 0 Å². The quantitative estimate of drug-likeness (QED) is 0.708. The smallest absolute Gasteiger partial charge is 0.101 e. The molecule has 1 aliphatic rings. The highest BCUT2D eigenvalue weighted by atomic mass is 15.2. The topological polar surface area (TPSA) is 53.0 Å². The van der Waals surface area contributed by atoms with E-state index in [-0.39, 0.29) is 0 Å². The zero-order valence-corrected chi connectivity index (χ0v) is 8.90. The van der Waals surface area contributed by atoms with Gasteiger partial charge >= 0.3 is 0 Å². The molecule has 2 rings (SSSR count). The van der Waals surface area contributed by atoms with Crippen molar-refractivity contribution in [1.82, 2.24) is 0 Å². The Labute approximate surface area is 90.1 Å².